The summed E-state index contributed by atoms with van der Waals surface area (Å²) in [5.41, 5.74) is 10.4. The van der Waals surface area contributed by atoms with Crippen molar-refractivity contribution in [1.82, 2.24) is 0 Å². The van der Waals surface area contributed by atoms with Crippen LogP contribution >= 0.6 is 0 Å². The Bertz CT molecular complexity index is 2270. The predicted molar refractivity (Wildman–Crippen MR) is 172 cm³/mol. The van der Waals surface area contributed by atoms with Gasteiger partial charge in [0, 0.05) is 0 Å². The van der Waals surface area contributed by atoms with E-state index < -0.39 is 0 Å². The lowest BCUT2D eigenvalue weighted by Crippen LogP contribution is -1.86. The molecule has 0 unspecified atom stereocenters. The van der Waals surface area contributed by atoms with E-state index in [4.69, 9.17) is 0 Å². The van der Waals surface area contributed by atoms with Gasteiger partial charge in [0.1, 0.15) is 0 Å². The summed E-state index contributed by atoms with van der Waals surface area (Å²) in [6.07, 6.45) is 0. The van der Waals surface area contributed by atoms with E-state index in [9.17, 15) is 0 Å². The van der Waals surface area contributed by atoms with Crippen LogP contribution in [-0.4, -0.2) is 0 Å². The van der Waals surface area contributed by atoms with E-state index in [1.165, 1.54) is 87.6 Å². The summed E-state index contributed by atoms with van der Waals surface area (Å²) in [6.45, 7) is 0. The molecule has 9 rings (SSSR count). The summed E-state index contributed by atoms with van der Waals surface area (Å²) in [5.74, 6) is 0. The fourth-order valence-corrected chi connectivity index (χ4v) is 6.85. The summed E-state index contributed by atoms with van der Waals surface area (Å²) in [4.78, 5) is 0. The highest BCUT2D eigenvalue weighted by Crippen LogP contribution is 2.50. The van der Waals surface area contributed by atoms with Gasteiger partial charge in [-0.25, -0.2) is 0 Å². The lowest BCUT2D eigenvalue weighted by Gasteiger charge is -2.12. The Labute approximate surface area is 232 Å². The molecule has 0 aliphatic heterocycles. The first kappa shape index (κ1) is 21.7. The van der Waals surface area contributed by atoms with Crippen molar-refractivity contribution in [2.24, 2.45) is 0 Å². The van der Waals surface area contributed by atoms with E-state index in [1.807, 2.05) is 0 Å². The molecule has 0 spiro atoms. The molecule has 0 nitrogen and oxygen atoms in total. The second-order valence-electron chi connectivity index (χ2n) is 10.9. The molecule has 0 saturated heterocycles. The molecule has 0 atom stereocenters. The Morgan fingerprint density at radius 2 is 0.850 bits per heavy atom. The summed E-state index contributed by atoms with van der Waals surface area (Å²) in [7, 11) is 0. The molecule has 1 aliphatic rings. The zero-order valence-electron chi connectivity index (χ0n) is 21.9. The van der Waals surface area contributed by atoms with E-state index in [-0.39, 0.29) is 0 Å². The molecule has 8 aromatic rings. The first-order chi connectivity index (χ1) is 19.8. The fraction of sp³-hybridized carbons (Fsp3) is 0. The highest BCUT2D eigenvalue weighted by atomic mass is 14.3. The van der Waals surface area contributed by atoms with Gasteiger partial charge in [0.15, 0.2) is 0 Å². The van der Waals surface area contributed by atoms with Gasteiger partial charge >= 0.3 is 0 Å². The number of fused-ring (bicyclic) bond motifs is 7. The van der Waals surface area contributed by atoms with Gasteiger partial charge in [0.25, 0.3) is 0 Å². The Morgan fingerprint density at radius 3 is 1.70 bits per heavy atom. The SMILES string of the molecule is c1cc(-c2ccc3c(ccc4ccccc43)c2)cc(-c2ccc3c4c(cccc24)-c2cc4ccccc4cc2-3)c1. The standard InChI is InChI=1S/C40H24/c1-2-9-28-24-39-37-20-19-34(35-13-6-14-36(40(35)37)38(39)23-27(28)8-1)30-11-5-10-26(21-30)29-17-18-33-31(22-29)16-15-25-7-3-4-12-32(25)33/h1-24H. The van der Waals surface area contributed by atoms with E-state index >= 15 is 0 Å². The van der Waals surface area contributed by atoms with Gasteiger partial charge in [0.05, 0.1) is 0 Å². The minimum Gasteiger partial charge on any atom is -0.0616 e. The van der Waals surface area contributed by atoms with Crippen molar-refractivity contribution in [3.05, 3.63) is 146 Å². The van der Waals surface area contributed by atoms with Crippen molar-refractivity contribution in [2.75, 3.05) is 0 Å². The Hall–Kier alpha value is -5.20. The van der Waals surface area contributed by atoms with Crippen LogP contribution in [0.4, 0.5) is 0 Å². The van der Waals surface area contributed by atoms with Gasteiger partial charge < -0.3 is 0 Å². The van der Waals surface area contributed by atoms with Crippen molar-refractivity contribution in [1.29, 1.82) is 0 Å². The van der Waals surface area contributed by atoms with Crippen LogP contribution in [0.25, 0.3) is 87.6 Å². The van der Waals surface area contributed by atoms with Crippen molar-refractivity contribution in [3.63, 3.8) is 0 Å². The molecule has 0 heterocycles. The van der Waals surface area contributed by atoms with E-state index in [0.29, 0.717) is 0 Å². The third-order valence-corrected chi connectivity index (χ3v) is 8.76. The van der Waals surface area contributed by atoms with Gasteiger partial charge in [-0.1, -0.05) is 121 Å². The van der Waals surface area contributed by atoms with Crippen LogP contribution in [0, 0.1) is 0 Å². The Kier molecular flexibility index (Phi) is 4.42. The Balaban J connectivity index is 1.20. The molecule has 0 radical (unpaired) electrons. The third kappa shape index (κ3) is 3.08. The maximum Gasteiger partial charge on any atom is -0.00201 e. The molecule has 0 saturated carbocycles. The van der Waals surface area contributed by atoms with Crippen molar-refractivity contribution < 1.29 is 0 Å². The average molecular weight is 505 g/mol. The van der Waals surface area contributed by atoms with Crippen LogP contribution in [0.15, 0.2) is 146 Å². The van der Waals surface area contributed by atoms with E-state index in [0.717, 1.165) is 0 Å². The molecule has 0 amide bonds. The van der Waals surface area contributed by atoms with Gasteiger partial charge in [-0.2, -0.15) is 0 Å². The molecular formula is C40H24. The summed E-state index contributed by atoms with van der Waals surface area (Å²) in [5, 5.41) is 10.4. The molecule has 8 aromatic carbocycles. The number of hydrogen-bond donors (Lipinski definition) is 0. The average Bonchev–Trinajstić information content (AvgIpc) is 3.33. The lowest BCUT2D eigenvalue weighted by molar-refractivity contribution is 1.62. The molecule has 184 valence electrons. The largest absolute Gasteiger partial charge is 0.0616 e. The molecule has 0 N–H and O–H groups in total. The number of benzene rings is 8. The molecule has 0 aromatic heterocycles. The van der Waals surface area contributed by atoms with Crippen LogP contribution in [-0.2, 0) is 0 Å². The maximum atomic E-state index is 2.36. The van der Waals surface area contributed by atoms with Crippen molar-refractivity contribution in [3.8, 4) is 44.5 Å². The lowest BCUT2D eigenvalue weighted by atomic mass is 9.92. The third-order valence-electron chi connectivity index (χ3n) is 8.76. The normalized spacial score (nSPS) is 12.0. The first-order valence-electron chi connectivity index (χ1n) is 13.9. The van der Waals surface area contributed by atoms with Gasteiger partial charge in [-0.15, -0.1) is 0 Å². The van der Waals surface area contributed by atoms with Crippen LogP contribution in [0.3, 0.4) is 0 Å². The topological polar surface area (TPSA) is 0 Å². The highest BCUT2D eigenvalue weighted by molar-refractivity contribution is 6.20. The van der Waals surface area contributed by atoms with Crippen LogP contribution in [0.1, 0.15) is 0 Å². The molecule has 40 heavy (non-hydrogen) atoms. The van der Waals surface area contributed by atoms with Crippen LogP contribution in [0.2, 0.25) is 0 Å². The minimum absolute atomic E-state index is 1.24. The summed E-state index contributed by atoms with van der Waals surface area (Å²) in [6, 6.07) is 53.8. The zero-order valence-corrected chi connectivity index (χ0v) is 21.9. The molecule has 0 bridgehead atoms. The minimum atomic E-state index is 1.24. The fourth-order valence-electron chi connectivity index (χ4n) is 6.85. The quantitative estimate of drug-likeness (QED) is 0.205. The number of hydrogen-bond acceptors (Lipinski definition) is 0. The number of rotatable bonds is 2. The van der Waals surface area contributed by atoms with Gasteiger partial charge in [-0.3, -0.25) is 0 Å². The van der Waals surface area contributed by atoms with E-state index in [1.54, 1.807) is 0 Å². The zero-order chi connectivity index (χ0) is 26.2. The smallest absolute Gasteiger partial charge is 0.00201 e. The monoisotopic (exact) mass is 504 g/mol. The summed E-state index contributed by atoms with van der Waals surface area (Å²) >= 11 is 0. The second kappa shape index (κ2) is 8.15. The first-order valence-corrected chi connectivity index (χ1v) is 13.9. The molecule has 0 heteroatoms. The predicted octanol–water partition coefficient (Wildman–Crippen LogP) is 11.3. The van der Waals surface area contributed by atoms with Crippen molar-refractivity contribution in [2.45, 2.75) is 0 Å². The Morgan fingerprint density at radius 1 is 0.250 bits per heavy atom. The second-order valence-corrected chi connectivity index (χ2v) is 10.9. The molecule has 0 fully saturated rings. The maximum absolute atomic E-state index is 2.36. The molecular weight excluding hydrogens is 480 g/mol. The highest BCUT2D eigenvalue weighted by Gasteiger charge is 2.23. The van der Waals surface area contributed by atoms with Gasteiger partial charge in [-0.05, 0) is 112 Å². The van der Waals surface area contributed by atoms with Crippen LogP contribution < -0.4 is 0 Å². The van der Waals surface area contributed by atoms with E-state index in [2.05, 4.69) is 146 Å². The van der Waals surface area contributed by atoms with Crippen molar-refractivity contribution >= 4 is 43.1 Å². The summed E-state index contributed by atoms with van der Waals surface area (Å²) < 4.78 is 0. The van der Waals surface area contributed by atoms with Gasteiger partial charge in [0.2, 0.25) is 0 Å². The molecule has 1 aliphatic carbocycles. The van der Waals surface area contributed by atoms with Crippen LogP contribution in [0.5, 0.6) is 0 Å².